The van der Waals surface area contributed by atoms with E-state index in [0.717, 1.165) is 56.5 Å². The Morgan fingerprint density at radius 3 is 2.79 bits per heavy atom. The van der Waals surface area contributed by atoms with E-state index in [2.05, 4.69) is 20.2 Å². The normalized spacial score (nSPS) is 26.5. The third kappa shape index (κ3) is 3.88. The highest BCUT2D eigenvalue weighted by Crippen LogP contribution is 2.53. The fourth-order valence-corrected chi connectivity index (χ4v) is 5.15. The molecule has 2 saturated heterocycles. The maximum atomic E-state index is 12.5. The molecule has 5 rings (SSSR count). The van der Waals surface area contributed by atoms with Crippen LogP contribution < -0.4 is 5.32 Å². The van der Waals surface area contributed by atoms with Crippen LogP contribution in [0, 0.1) is 23.7 Å². The fraction of sp³-hybridized carbons (Fsp3) is 0.591. The number of H-pyrrole nitrogens is 1. The summed E-state index contributed by atoms with van der Waals surface area (Å²) in [6.07, 6.45) is 7.17. The van der Waals surface area contributed by atoms with Crippen LogP contribution in [0.1, 0.15) is 36.2 Å². The third-order valence-electron chi connectivity index (χ3n) is 6.96. The molecule has 0 bridgehead atoms. The maximum absolute atomic E-state index is 12.5. The molecule has 0 radical (unpaired) electrons. The monoisotopic (exact) mass is 396 g/mol. The summed E-state index contributed by atoms with van der Waals surface area (Å²) in [6.45, 7) is 4.08. The molecule has 2 amide bonds. The number of nitrogens with one attached hydrogen (secondary N) is 2. The van der Waals surface area contributed by atoms with Gasteiger partial charge >= 0.3 is 0 Å². The number of amides is 2. The van der Waals surface area contributed by atoms with E-state index < -0.39 is 0 Å². The zero-order chi connectivity index (χ0) is 19.8. The quantitative estimate of drug-likeness (QED) is 0.784. The number of fused-ring (bicyclic) bond motifs is 2. The second-order valence-electron chi connectivity index (χ2n) is 8.74. The van der Waals surface area contributed by atoms with E-state index in [1.54, 1.807) is 12.4 Å². The number of carbonyl (C=O) groups is 2. The topological polar surface area (TPSA) is 87.3 Å². The Balaban J connectivity index is 1.04. The number of pyridine rings is 1. The second-order valence-corrected chi connectivity index (χ2v) is 8.74. The summed E-state index contributed by atoms with van der Waals surface area (Å²) in [6, 6.07) is 3.71. The van der Waals surface area contributed by atoms with Crippen molar-refractivity contribution in [1.82, 2.24) is 20.2 Å². The summed E-state index contributed by atoms with van der Waals surface area (Å²) in [5, 5.41) is 3.97. The van der Waals surface area contributed by atoms with Gasteiger partial charge in [-0.3, -0.25) is 14.6 Å². The predicted octanol–water partition coefficient (Wildman–Crippen LogP) is 2.20. The number of piperidine rings is 1. The van der Waals surface area contributed by atoms with Gasteiger partial charge in [0.15, 0.2) is 0 Å². The molecule has 3 atom stereocenters. The van der Waals surface area contributed by atoms with Crippen molar-refractivity contribution in [3.05, 3.63) is 30.2 Å². The van der Waals surface area contributed by atoms with Crippen LogP contribution >= 0.6 is 0 Å². The van der Waals surface area contributed by atoms with Crippen LogP contribution in [0.25, 0.3) is 10.9 Å². The highest BCUT2D eigenvalue weighted by atomic mass is 16.5. The van der Waals surface area contributed by atoms with E-state index in [9.17, 15) is 9.59 Å². The number of nitrogens with zero attached hydrogens (tertiary/aromatic N) is 2. The molecule has 2 unspecified atom stereocenters. The van der Waals surface area contributed by atoms with Crippen molar-refractivity contribution in [2.24, 2.45) is 23.7 Å². The van der Waals surface area contributed by atoms with Crippen LogP contribution in [0.15, 0.2) is 24.5 Å². The van der Waals surface area contributed by atoms with Crippen LogP contribution in [-0.2, 0) is 9.53 Å². The number of carbonyl (C=O) groups excluding carboxylic acids is 2. The lowest BCUT2D eigenvalue weighted by molar-refractivity contribution is -0.132. The van der Waals surface area contributed by atoms with E-state index in [1.165, 1.54) is 0 Å². The lowest BCUT2D eigenvalue weighted by Crippen LogP contribution is -2.34. The summed E-state index contributed by atoms with van der Waals surface area (Å²) in [4.78, 5) is 34.2. The highest BCUT2D eigenvalue weighted by Gasteiger charge is 2.55. The summed E-state index contributed by atoms with van der Waals surface area (Å²) in [7, 11) is 0. The average molecular weight is 396 g/mol. The standard InChI is InChI=1S/C22H28N4O3/c27-21(9-14-3-7-29-8-4-14)26-12-17-16(18(17)13-26)1-6-24-22(28)20-10-15-11-23-5-2-19(15)25-20/h2,5,10-11,14,16-18,25H,1,3-4,6-9,12-13H2,(H,24,28)/t16?,17-,18?/m1/s1. The van der Waals surface area contributed by atoms with Gasteiger partial charge in [0.1, 0.15) is 5.69 Å². The number of rotatable bonds is 6. The second kappa shape index (κ2) is 7.78. The van der Waals surface area contributed by atoms with Gasteiger partial charge in [0, 0.05) is 62.6 Å². The van der Waals surface area contributed by atoms with Crippen molar-refractivity contribution < 1.29 is 14.3 Å². The van der Waals surface area contributed by atoms with E-state index >= 15 is 0 Å². The SMILES string of the molecule is O=C(NCCC1C2CN(C(=O)CC3CCOCC3)C[C@H]12)c1cc2cnccc2[nH]1. The summed E-state index contributed by atoms with van der Waals surface area (Å²) < 4.78 is 5.38. The molecule has 0 aromatic carbocycles. The largest absolute Gasteiger partial charge is 0.381 e. The van der Waals surface area contributed by atoms with E-state index in [4.69, 9.17) is 4.74 Å². The summed E-state index contributed by atoms with van der Waals surface area (Å²) in [5.74, 6) is 2.66. The molecule has 4 heterocycles. The first kappa shape index (κ1) is 18.6. The summed E-state index contributed by atoms with van der Waals surface area (Å²) in [5.41, 5.74) is 1.50. The first-order valence-electron chi connectivity index (χ1n) is 10.8. The lowest BCUT2D eigenvalue weighted by atomic mass is 9.96. The minimum atomic E-state index is -0.0692. The molecule has 2 aliphatic heterocycles. The molecule has 7 nitrogen and oxygen atoms in total. The van der Waals surface area contributed by atoms with Gasteiger partial charge in [-0.2, -0.15) is 0 Å². The van der Waals surface area contributed by atoms with E-state index in [1.807, 2.05) is 12.1 Å². The molecular formula is C22H28N4O3. The van der Waals surface area contributed by atoms with Gasteiger partial charge in [-0.15, -0.1) is 0 Å². The van der Waals surface area contributed by atoms with Gasteiger partial charge in [0.05, 0.1) is 0 Å². The molecule has 154 valence electrons. The Bertz CT molecular complexity index is 859. The van der Waals surface area contributed by atoms with Crippen LogP contribution in [0.3, 0.4) is 0 Å². The highest BCUT2D eigenvalue weighted by molar-refractivity contribution is 5.97. The van der Waals surface area contributed by atoms with Crippen molar-refractivity contribution in [1.29, 1.82) is 0 Å². The minimum Gasteiger partial charge on any atom is -0.381 e. The van der Waals surface area contributed by atoms with Crippen molar-refractivity contribution in [2.45, 2.75) is 25.7 Å². The molecule has 29 heavy (non-hydrogen) atoms. The number of hydrogen-bond donors (Lipinski definition) is 2. The van der Waals surface area contributed by atoms with Gasteiger partial charge in [0.25, 0.3) is 5.91 Å². The average Bonchev–Trinajstić information content (AvgIpc) is 3.11. The van der Waals surface area contributed by atoms with E-state index in [0.29, 0.717) is 48.2 Å². The Morgan fingerprint density at radius 1 is 1.24 bits per heavy atom. The Morgan fingerprint density at radius 2 is 2.03 bits per heavy atom. The van der Waals surface area contributed by atoms with Crippen LogP contribution in [0.4, 0.5) is 0 Å². The van der Waals surface area contributed by atoms with Crippen LogP contribution in [-0.4, -0.2) is 59.5 Å². The number of aromatic nitrogens is 2. The van der Waals surface area contributed by atoms with Gasteiger partial charge < -0.3 is 19.9 Å². The van der Waals surface area contributed by atoms with Gasteiger partial charge in [0.2, 0.25) is 5.91 Å². The number of ether oxygens (including phenoxy) is 1. The van der Waals surface area contributed by atoms with E-state index in [-0.39, 0.29) is 5.91 Å². The molecule has 3 fully saturated rings. The Labute approximate surface area is 170 Å². The molecule has 1 saturated carbocycles. The van der Waals surface area contributed by atoms with Crippen molar-refractivity contribution >= 4 is 22.7 Å². The van der Waals surface area contributed by atoms with Crippen LogP contribution in [0.2, 0.25) is 0 Å². The molecule has 3 aliphatic rings. The van der Waals surface area contributed by atoms with Crippen LogP contribution in [0.5, 0.6) is 0 Å². The predicted molar refractivity (Wildman–Crippen MR) is 108 cm³/mol. The van der Waals surface area contributed by atoms with Crippen molar-refractivity contribution in [3.8, 4) is 0 Å². The first-order valence-corrected chi connectivity index (χ1v) is 10.8. The Kier molecular flexibility index (Phi) is 4.99. The smallest absolute Gasteiger partial charge is 0.267 e. The molecule has 7 heteroatoms. The summed E-state index contributed by atoms with van der Waals surface area (Å²) >= 11 is 0. The molecule has 2 aromatic heterocycles. The van der Waals surface area contributed by atoms with Gasteiger partial charge in [-0.1, -0.05) is 0 Å². The molecule has 1 aliphatic carbocycles. The molecule has 2 N–H and O–H groups in total. The fourth-order valence-electron chi connectivity index (χ4n) is 5.15. The molecular weight excluding hydrogens is 368 g/mol. The number of aromatic amines is 1. The zero-order valence-electron chi connectivity index (χ0n) is 16.6. The Hall–Kier alpha value is -2.41. The minimum absolute atomic E-state index is 0.0692. The number of likely N-dealkylation sites (tertiary alicyclic amines) is 1. The molecule has 0 spiro atoms. The van der Waals surface area contributed by atoms with Gasteiger partial charge in [-0.25, -0.2) is 0 Å². The lowest BCUT2D eigenvalue weighted by Gasteiger charge is -2.25. The van der Waals surface area contributed by atoms with Gasteiger partial charge in [-0.05, 0) is 55.1 Å². The molecule has 2 aromatic rings. The number of hydrogen-bond acceptors (Lipinski definition) is 4. The van der Waals surface area contributed by atoms with Crippen molar-refractivity contribution in [3.63, 3.8) is 0 Å². The zero-order valence-corrected chi connectivity index (χ0v) is 16.6. The maximum Gasteiger partial charge on any atom is 0.267 e. The first-order chi connectivity index (χ1) is 14.2. The van der Waals surface area contributed by atoms with Crippen molar-refractivity contribution in [2.75, 3.05) is 32.8 Å². The third-order valence-corrected chi connectivity index (χ3v) is 6.96.